The van der Waals surface area contributed by atoms with Crippen LogP contribution in [0.1, 0.15) is 18.1 Å². The average molecular weight is 289 g/mol. The van der Waals surface area contributed by atoms with Gasteiger partial charge in [-0.05, 0) is 37.1 Å². The fraction of sp³-hybridized carbons (Fsp3) is 0.211. The Labute approximate surface area is 130 Å². The zero-order valence-electron chi connectivity index (χ0n) is 12.7. The topological polar surface area (TPSA) is 21.1 Å². The lowest BCUT2D eigenvalue weighted by Gasteiger charge is -2.24. The molecule has 0 bridgehead atoms. The van der Waals surface area contributed by atoms with Crippen molar-refractivity contribution in [1.29, 1.82) is 0 Å². The maximum Gasteiger partial charge on any atom is 0.0645 e. The lowest BCUT2D eigenvalue weighted by Crippen LogP contribution is -2.28. The van der Waals surface area contributed by atoms with E-state index in [2.05, 4.69) is 59.5 Å². The van der Waals surface area contributed by atoms with Crippen molar-refractivity contribution in [3.63, 3.8) is 0 Å². The number of hydrogen-bond donors (Lipinski definition) is 0. The van der Waals surface area contributed by atoms with Gasteiger partial charge in [0.05, 0.1) is 11.9 Å². The first-order valence-corrected chi connectivity index (χ1v) is 7.75. The molecule has 3 nitrogen and oxygen atoms in total. The molecule has 22 heavy (non-hydrogen) atoms. The molecule has 0 aliphatic carbocycles. The average Bonchev–Trinajstić information content (AvgIpc) is 3.14. The second kappa shape index (κ2) is 5.34. The third-order valence-corrected chi connectivity index (χ3v) is 4.36. The van der Waals surface area contributed by atoms with Crippen LogP contribution < -0.4 is 4.90 Å². The summed E-state index contributed by atoms with van der Waals surface area (Å²) in [5.41, 5.74) is 5.16. The van der Waals surface area contributed by atoms with Crippen molar-refractivity contribution in [2.45, 2.75) is 25.9 Å². The molecule has 3 aromatic rings. The van der Waals surface area contributed by atoms with Gasteiger partial charge in [0.25, 0.3) is 0 Å². The Morgan fingerprint density at radius 2 is 1.82 bits per heavy atom. The van der Waals surface area contributed by atoms with Crippen molar-refractivity contribution >= 4 is 5.69 Å². The number of benzene rings is 2. The quantitative estimate of drug-likeness (QED) is 0.731. The van der Waals surface area contributed by atoms with Gasteiger partial charge >= 0.3 is 0 Å². The van der Waals surface area contributed by atoms with Gasteiger partial charge in [-0.25, -0.2) is 4.68 Å². The van der Waals surface area contributed by atoms with Crippen LogP contribution in [-0.4, -0.2) is 15.8 Å². The van der Waals surface area contributed by atoms with E-state index in [0.717, 1.165) is 18.7 Å². The van der Waals surface area contributed by atoms with E-state index in [1.165, 1.54) is 16.8 Å². The van der Waals surface area contributed by atoms with Gasteiger partial charge in [0.2, 0.25) is 0 Å². The van der Waals surface area contributed by atoms with Crippen LogP contribution in [0.15, 0.2) is 67.0 Å². The third-order valence-electron chi connectivity index (χ3n) is 4.36. The summed E-state index contributed by atoms with van der Waals surface area (Å²) in [5.74, 6) is 0. The summed E-state index contributed by atoms with van der Waals surface area (Å²) in [6.07, 6.45) is 5.23. The van der Waals surface area contributed by atoms with E-state index in [1.807, 2.05) is 29.1 Å². The minimum Gasteiger partial charge on any atom is -0.364 e. The van der Waals surface area contributed by atoms with Gasteiger partial charge in [-0.15, -0.1) is 0 Å². The van der Waals surface area contributed by atoms with Crippen LogP contribution in [0.3, 0.4) is 0 Å². The molecule has 1 atom stereocenters. The van der Waals surface area contributed by atoms with Crippen LogP contribution in [0.2, 0.25) is 0 Å². The van der Waals surface area contributed by atoms with E-state index < -0.39 is 0 Å². The maximum atomic E-state index is 4.50. The number of anilines is 1. The first-order valence-electron chi connectivity index (χ1n) is 7.75. The summed E-state index contributed by atoms with van der Waals surface area (Å²) >= 11 is 0. The third kappa shape index (κ3) is 2.29. The Hall–Kier alpha value is -2.55. The van der Waals surface area contributed by atoms with Gasteiger partial charge in [0, 0.05) is 30.0 Å². The summed E-state index contributed by atoms with van der Waals surface area (Å²) < 4.78 is 1.95. The standard InChI is InChI=1S/C19H19N3/c1-15-11-17-7-5-6-10-19(17)21(15)13-16-12-20-22(14-16)18-8-3-2-4-9-18/h2-10,12,14-15H,11,13H2,1H3/t15-/m1/s1. The molecule has 0 fully saturated rings. The van der Waals surface area contributed by atoms with E-state index in [0.29, 0.717) is 6.04 Å². The van der Waals surface area contributed by atoms with Gasteiger partial charge in [-0.2, -0.15) is 5.10 Å². The lowest BCUT2D eigenvalue weighted by atomic mass is 10.1. The monoisotopic (exact) mass is 289 g/mol. The Morgan fingerprint density at radius 1 is 1.05 bits per heavy atom. The predicted octanol–water partition coefficient (Wildman–Crippen LogP) is 3.82. The zero-order valence-corrected chi connectivity index (χ0v) is 12.7. The molecule has 1 aromatic heterocycles. The van der Waals surface area contributed by atoms with Crippen LogP contribution in [0, 0.1) is 0 Å². The summed E-state index contributed by atoms with van der Waals surface area (Å²) in [6.45, 7) is 3.20. The van der Waals surface area contributed by atoms with E-state index in [-0.39, 0.29) is 0 Å². The molecular formula is C19H19N3. The minimum absolute atomic E-state index is 0.539. The first-order chi connectivity index (χ1) is 10.8. The fourth-order valence-corrected chi connectivity index (χ4v) is 3.23. The summed E-state index contributed by atoms with van der Waals surface area (Å²) in [6, 6.07) is 19.5. The highest BCUT2D eigenvalue weighted by molar-refractivity contribution is 5.59. The van der Waals surface area contributed by atoms with Gasteiger partial charge in [0.1, 0.15) is 0 Å². The van der Waals surface area contributed by atoms with E-state index in [4.69, 9.17) is 0 Å². The van der Waals surface area contributed by atoms with Crippen molar-refractivity contribution in [2.24, 2.45) is 0 Å². The highest BCUT2D eigenvalue weighted by Gasteiger charge is 2.25. The second-order valence-corrected chi connectivity index (χ2v) is 5.94. The number of fused-ring (bicyclic) bond motifs is 1. The molecule has 0 unspecified atom stereocenters. The molecule has 0 saturated heterocycles. The normalized spacial score (nSPS) is 16.8. The summed E-state index contributed by atoms with van der Waals surface area (Å²) in [4.78, 5) is 2.47. The summed E-state index contributed by atoms with van der Waals surface area (Å²) in [5, 5.41) is 4.50. The Bertz CT molecular complexity index is 776. The highest BCUT2D eigenvalue weighted by atomic mass is 15.3. The van der Waals surface area contributed by atoms with Crippen LogP contribution in [0.5, 0.6) is 0 Å². The second-order valence-electron chi connectivity index (χ2n) is 5.94. The SMILES string of the molecule is C[C@@H]1Cc2ccccc2N1Cc1cnn(-c2ccccc2)c1. The first kappa shape index (κ1) is 13.1. The maximum absolute atomic E-state index is 4.50. The van der Waals surface area contributed by atoms with Gasteiger partial charge < -0.3 is 4.90 Å². The highest BCUT2D eigenvalue weighted by Crippen LogP contribution is 2.32. The molecule has 1 aliphatic heterocycles. The molecule has 0 spiro atoms. The molecule has 0 amide bonds. The van der Waals surface area contributed by atoms with Crippen LogP contribution in [-0.2, 0) is 13.0 Å². The largest absolute Gasteiger partial charge is 0.364 e. The van der Waals surface area contributed by atoms with Gasteiger partial charge in [-0.1, -0.05) is 36.4 Å². The van der Waals surface area contributed by atoms with E-state index in [1.54, 1.807) is 0 Å². The Balaban J connectivity index is 1.59. The number of hydrogen-bond acceptors (Lipinski definition) is 2. The zero-order chi connectivity index (χ0) is 14.9. The van der Waals surface area contributed by atoms with Crippen LogP contribution >= 0.6 is 0 Å². The van der Waals surface area contributed by atoms with E-state index >= 15 is 0 Å². The van der Waals surface area contributed by atoms with Crippen molar-refractivity contribution < 1.29 is 0 Å². The molecule has 110 valence electrons. The molecule has 0 radical (unpaired) electrons. The van der Waals surface area contributed by atoms with Crippen molar-refractivity contribution in [3.05, 3.63) is 78.1 Å². The molecule has 1 aliphatic rings. The van der Waals surface area contributed by atoms with Crippen LogP contribution in [0.25, 0.3) is 5.69 Å². The molecule has 0 saturated carbocycles. The van der Waals surface area contributed by atoms with Crippen LogP contribution in [0.4, 0.5) is 5.69 Å². The molecule has 0 N–H and O–H groups in total. The molecular weight excluding hydrogens is 270 g/mol. The molecule has 2 heterocycles. The number of para-hydroxylation sites is 2. The molecule has 3 heteroatoms. The summed E-state index contributed by atoms with van der Waals surface area (Å²) in [7, 11) is 0. The van der Waals surface area contributed by atoms with Crippen molar-refractivity contribution in [3.8, 4) is 5.69 Å². The fourth-order valence-electron chi connectivity index (χ4n) is 3.23. The Morgan fingerprint density at radius 3 is 2.68 bits per heavy atom. The molecule has 4 rings (SSSR count). The van der Waals surface area contributed by atoms with Gasteiger partial charge in [0.15, 0.2) is 0 Å². The van der Waals surface area contributed by atoms with Gasteiger partial charge in [-0.3, -0.25) is 0 Å². The number of rotatable bonds is 3. The minimum atomic E-state index is 0.539. The van der Waals surface area contributed by atoms with E-state index in [9.17, 15) is 0 Å². The number of nitrogens with zero attached hydrogens (tertiary/aromatic N) is 3. The van der Waals surface area contributed by atoms with Crippen molar-refractivity contribution in [1.82, 2.24) is 9.78 Å². The smallest absolute Gasteiger partial charge is 0.0645 e. The van der Waals surface area contributed by atoms with Crippen molar-refractivity contribution in [2.75, 3.05) is 4.90 Å². The predicted molar refractivity (Wildman–Crippen MR) is 89.4 cm³/mol. The number of aromatic nitrogens is 2. The lowest BCUT2D eigenvalue weighted by molar-refractivity contribution is 0.672. The molecule has 2 aromatic carbocycles. The Kier molecular flexibility index (Phi) is 3.19.